The molecule has 0 radical (unpaired) electrons. The van der Waals surface area contributed by atoms with Gasteiger partial charge in [-0.05, 0) is 30.7 Å². The van der Waals surface area contributed by atoms with E-state index in [0.29, 0.717) is 6.61 Å². The summed E-state index contributed by atoms with van der Waals surface area (Å²) in [6.45, 7) is 8.33. The first-order valence-corrected chi connectivity index (χ1v) is 5.40. The zero-order valence-corrected chi connectivity index (χ0v) is 9.33. The van der Waals surface area contributed by atoms with Crippen LogP contribution in [-0.2, 0) is 6.54 Å². The summed E-state index contributed by atoms with van der Waals surface area (Å²) < 4.78 is 5.40. The van der Waals surface area contributed by atoms with Gasteiger partial charge in [-0.25, -0.2) is 0 Å². The number of nitrogens with one attached hydrogen (secondary N) is 1. The second-order valence-electron chi connectivity index (χ2n) is 3.42. The molecule has 0 fully saturated rings. The minimum atomic E-state index is 0.563. The Bertz CT molecular complexity index is 279. The van der Waals surface area contributed by atoms with Gasteiger partial charge in [-0.2, -0.15) is 0 Å². The van der Waals surface area contributed by atoms with Crippen LogP contribution in [0.25, 0.3) is 0 Å². The minimum absolute atomic E-state index is 0.563. The summed E-state index contributed by atoms with van der Waals surface area (Å²) in [5.41, 5.74) is 1.29. The normalized spacial score (nSPS) is 9.93. The van der Waals surface area contributed by atoms with Crippen molar-refractivity contribution in [3.8, 4) is 5.75 Å². The number of ether oxygens (including phenoxy) is 1. The lowest BCUT2D eigenvalue weighted by Gasteiger charge is -2.05. The molecule has 15 heavy (non-hydrogen) atoms. The highest BCUT2D eigenvalue weighted by Crippen LogP contribution is 2.11. The van der Waals surface area contributed by atoms with Crippen LogP contribution in [0.1, 0.15) is 18.9 Å². The molecule has 0 saturated carbocycles. The van der Waals surface area contributed by atoms with Crippen LogP contribution in [0.3, 0.4) is 0 Å². The molecule has 1 rings (SSSR count). The van der Waals surface area contributed by atoms with Gasteiger partial charge in [-0.15, -0.1) is 0 Å². The van der Waals surface area contributed by atoms with Gasteiger partial charge >= 0.3 is 0 Å². The summed E-state index contributed by atoms with van der Waals surface area (Å²) >= 11 is 0. The average molecular weight is 205 g/mol. The van der Waals surface area contributed by atoms with E-state index >= 15 is 0 Å². The SMILES string of the molecule is C=CCOc1ccc(CNCCC)cc1. The number of benzene rings is 1. The van der Waals surface area contributed by atoms with Crippen molar-refractivity contribution in [1.82, 2.24) is 5.32 Å². The average Bonchev–Trinajstić information content (AvgIpc) is 2.28. The van der Waals surface area contributed by atoms with Crippen LogP contribution in [-0.4, -0.2) is 13.2 Å². The van der Waals surface area contributed by atoms with E-state index in [1.165, 1.54) is 12.0 Å². The molecule has 0 amide bonds. The number of hydrogen-bond acceptors (Lipinski definition) is 2. The molecule has 2 heteroatoms. The summed E-state index contributed by atoms with van der Waals surface area (Å²) in [5.74, 6) is 0.897. The third-order valence-electron chi connectivity index (χ3n) is 2.05. The van der Waals surface area contributed by atoms with Gasteiger partial charge in [0.25, 0.3) is 0 Å². The second-order valence-corrected chi connectivity index (χ2v) is 3.42. The summed E-state index contributed by atoms with van der Waals surface area (Å²) in [5, 5.41) is 3.36. The fourth-order valence-electron chi connectivity index (χ4n) is 1.27. The third-order valence-corrected chi connectivity index (χ3v) is 2.05. The molecule has 1 aromatic carbocycles. The zero-order chi connectivity index (χ0) is 10.9. The maximum absolute atomic E-state index is 5.40. The van der Waals surface area contributed by atoms with E-state index < -0.39 is 0 Å². The van der Waals surface area contributed by atoms with E-state index in [4.69, 9.17) is 4.74 Å². The van der Waals surface area contributed by atoms with Gasteiger partial charge in [-0.1, -0.05) is 31.7 Å². The predicted octanol–water partition coefficient (Wildman–Crippen LogP) is 2.75. The van der Waals surface area contributed by atoms with Crippen LogP contribution < -0.4 is 10.1 Å². The largest absolute Gasteiger partial charge is 0.490 e. The van der Waals surface area contributed by atoms with E-state index in [2.05, 4.69) is 31.0 Å². The fourth-order valence-corrected chi connectivity index (χ4v) is 1.27. The summed E-state index contributed by atoms with van der Waals surface area (Å²) in [6, 6.07) is 8.15. The first-order valence-electron chi connectivity index (χ1n) is 5.40. The number of hydrogen-bond donors (Lipinski definition) is 1. The maximum Gasteiger partial charge on any atom is 0.119 e. The highest BCUT2D eigenvalue weighted by atomic mass is 16.5. The van der Waals surface area contributed by atoms with Crippen LogP contribution in [0.15, 0.2) is 36.9 Å². The first kappa shape index (κ1) is 11.8. The van der Waals surface area contributed by atoms with Crippen molar-refractivity contribution in [2.75, 3.05) is 13.2 Å². The van der Waals surface area contributed by atoms with Crippen molar-refractivity contribution < 1.29 is 4.74 Å². The van der Waals surface area contributed by atoms with Crippen LogP contribution in [0.5, 0.6) is 5.75 Å². The molecule has 0 aliphatic rings. The van der Waals surface area contributed by atoms with Crippen molar-refractivity contribution in [3.63, 3.8) is 0 Å². The Kier molecular flexibility index (Phi) is 5.56. The van der Waals surface area contributed by atoms with Crippen molar-refractivity contribution in [3.05, 3.63) is 42.5 Å². The first-order chi connectivity index (χ1) is 7.36. The maximum atomic E-state index is 5.40. The van der Waals surface area contributed by atoms with Crippen LogP contribution in [0, 0.1) is 0 Å². The summed E-state index contributed by atoms with van der Waals surface area (Å²) in [6.07, 6.45) is 2.91. The van der Waals surface area contributed by atoms with E-state index in [1.807, 2.05) is 12.1 Å². The Labute approximate surface area is 92.0 Å². The van der Waals surface area contributed by atoms with Gasteiger partial charge in [-0.3, -0.25) is 0 Å². The van der Waals surface area contributed by atoms with Gasteiger partial charge in [0.2, 0.25) is 0 Å². The molecule has 0 aliphatic carbocycles. The Hall–Kier alpha value is -1.28. The standard InChI is InChI=1S/C13H19NO/c1-3-9-14-11-12-5-7-13(8-6-12)15-10-4-2/h4-8,14H,2-3,9-11H2,1H3. The molecule has 82 valence electrons. The van der Waals surface area contributed by atoms with E-state index in [9.17, 15) is 0 Å². The van der Waals surface area contributed by atoms with Crippen molar-refractivity contribution in [2.24, 2.45) is 0 Å². The molecule has 0 atom stereocenters. The molecule has 0 bridgehead atoms. The minimum Gasteiger partial charge on any atom is -0.490 e. The molecule has 0 aromatic heterocycles. The van der Waals surface area contributed by atoms with Crippen LogP contribution in [0.4, 0.5) is 0 Å². The Morgan fingerprint density at radius 1 is 1.33 bits per heavy atom. The summed E-state index contributed by atoms with van der Waals surface area (Å²) in [4.78, 5) is 0. The lowest BCUT2D eigenvalue weighted by molar-refractivity contribution is 0.363. The third kappa shape index (κ3) is 4.66. The van der Waals surface area contributed by atoms with Gasteiger partial charge in [0.15, 0.2) is 0 Å². The molecule has 0 heterocycles. The Balaban J connectivity index is 2.38. The van der Waals surface area contributed by atoms with E-state index in [-0.39, 0.29) is 0 Å². The zero-order valence-electron chi connectivity index (χ0n) is 9.33. The topological polar surface area (TPSA) is 21.3 Å². The quantitative estimate of drug-likeness (QED) is 0.546. The van der Waals surface area contributed by atoms with Gasteiger partial charge in [0.05, 0.1) is 0 Å². The molecule has 0 saturated heterocycles. The molecular weight excluding hydrogens is 186 g/mol. The molecule has 1 aromatic rings. The smallest absolute Gasteiger partial charge is 0.119 e. The van der Waals surface area contributed by atoms with E-state index in [1.54, 1.807) is 6.08 Å². The van der Waals surface area contributed by atoms with E-state index in [0.717, 1.165) is 18.8 Å². The van der Waals surface area contributed by atoms with Crippen LogP contribution in [0.2, 0.25) is 0 Å². The fraction of sp³-hybridized carbons (Fsp3) is 0.385. The van der Waals surface area contributed by atoms with Crippen molar-refractivity contribution in [2.45, 2.75) is 19.9 Å². The second kappa shape index (κ2) is 7.07. The predicted molar refractivity (Wildman–Crippen MR) is 64.1 cm³/mol. The highest BCUT2D eigenvalue weighted by molar-refractivity contribution is 5.27. The summed E-state index contributed by atoms with van der Waals surface area (Å²) in [7, 11) is 0. The molecular formula is C13H19NO. The lowest BCUT2D eigenvalue weighted by Crippen LogP contribution is -2.13. The van der Waals surface area contributed by atoms with Gasteiger partial charge in [0, 0.05) is 6.54 Å². The molecule has 1 N–H and O–H groups in total. The molecule has 2 nitrogen and oxygen atoms in total. The monoisotopic (exact) mass is 205 g/mol. The molecule has 0 unspecified atom stereocenters. The van der Waals surface area contributed by atoms with Gasteiger partial charge < -0.3 is 10.1 Å². The molecule has 0 spiro atoms. The highest BCUT2D eigenvalue weighted by Gasteiger charge is 1.94. The Morgan fingerprint density at radius 3 is 2.67 bits per heavy atom. The van der Waals surface area contributed by atoms with Crippen molar-refractivity contribution >= 4 is 0 Å². The number of rotatable bonds is 7. The van der Waals surface area contributed by atoms with Gasteiger partial charge in [0.1, 0.15) is 12.4 Å². The van der Waals surface area contributed by atoms with Crippen LogP contribution >= 0.6 is 0 Å². The van der Waals surface area contributed by atoms with Crippen molar-refractivity contribution in [1.29, 1.82) is 0 Å². The molecule has 0 aliphatic heterocycles. The Morgan fingerprint density at radius 2 is 2.07 bits per heavy atom. The lowest BCUT2D eigenvalue weighted by atomic mass is 10.2.